The summed E-state index contributed by atoms with van der Waals surface area (Å²) < 4.78 is 5.09. The number of benzene rings is 1. The second kappa shape index (κ2) is 5.32. The van der Waals surface area contributed by atoms with E-state index >= 15 is 0 Å². The van der Waals surface area contributed by atoms with Gasteiger partial charge < -0.3 is 14.9 Å². The average Bonchev–Trinajstić information content (AvgIpc) is 2.73. The lowest BCUT2D eigenvalue weighted by Gasteiger charge is -2.07. The third kappa shape index (κ3) is 2.71. The number of hydrogen-bond acceptors (Lipinski definition) is 4. The summed E-state index contributed by atoms with van der Waals surface area (Å²) in [7, 11) is 0. The van der Waals surface area contributed by atoms with Crippen molar-refractivity contribution in [3.8, 4) is 5.75 Å². The fraction of sp³-hybridized carbons (Fsp3) is 0.231. The maximum absolute atomic E-state index is 12.1. The van der Waals surface area contributed by atoms with Crippen LogP contribution in [0, 0.1) is 6.92 Å². The molecule has 1 heterocycles. The van der Waals surface area contributed by atoms with Crippen molar-refractivity contribution in [2.45, 2.75) is 20.3 Å². The quantitative estimate of drug-likeness (QED) is 0.905. The van der Waals surface area contributed by atoms with E-state index in [2.05, 4.69) is 10.5 Å². The summed E-state index contributed by atoms with van der Waals surface area (Å²) in [6, 6.07) is 4.19. The maximum atomic E-state index is 12.1. The van der Waals surface area contributed by atoms with Crippen molar-refractivity contribution in [1.29, 1.82) is 0 Å². The third-order valence-electron chi connectivity index (χ3n) is 2.69. The Morgan fingerprint density at radius 3 is 2.95 bits per heavy atom. The summed E-state index contributed by atoms with van der Waals surface area (Å²) in [6.07, 6.45) is 0.615. The van der Waals surface area contributed by atoms with Gasteiger partial charge in [0.1, 0.15) is 17.1 Å². The molecule has 0 aliphatic carbocycles. The van der Waals surface area contributed by atoms with Gasteiger partial charge in [-0.25, -0.2) is 0 Å². The minimum Gasteiger partial charge on any atom is -0.508 e. The van der Waals surface area contributed by atoms with E-state index in [-0.39, 0.29) is 16.3 Å². The minimum absolute atomic E-state index is 0.0210. The summed E-state index contributed by atoms with van der Waals surface area (Å²) in [5, 5.41) is 16.2. The van der Waals surface area contributed by atoms with E-state index in [4.69, 9.17) is 16.1 Å². The van der Waals surface area contributed by atoms with Crippen LogP contribution >= 0.6 is 11.6 Å². The van der Waals surface area contributed by atoms with Gasteiger partial charge in [-0.05, 0) is 25.1 Å². The number of phenolic OH excluding ortho intramolecular Hbond substituents is 1. The van der Waals surface area contributed by atoms with Gasteiger partial charge in [-0.1, -0.05) is 23.7 Å². The van der Waals surface area contributed by atoms with Gasteiger partial charge in [-0.2, -0.15) is 0 Å². The van der Waals surface area contributed by atoms with Crippen LogP contribution < -0.4 is 5.32 Å². The molecule has 2 aromatic rings. The Balaban J connectivity index is 2.30. The van der Waals surface area contributed by atoms with Gasteiger partial charge in [-0.3, -0.25) is 4.79 Å². The largest absolute Gasteiger partial charge is 0.508 e. The number of rotatable bonds is 3. The number of nitrogens with one attached hydrogen (secondary N) is 1. The van der Waals surface area contributed by atoms with Crippen LogP contribution in [0.1, 0.15) is 28.7 Å². The Bertz CT molecular complexity index is 622. The first kappa shape index (κ1) is 13.4. The zero-order valence-electron chi connectivity index (χ0n) is 10.5. The van der Waals surface area contributed by atoms with E-state index in [1.807, 2.05) is 6.92 Å². The van der Waals surface area contributed by atoms with E-state index < -0.39 is 5.91 Å². The van der Waals surface area contributed by atoms with Crippen LogP contribution in [0.3, 0.4) is 0 Å². The number of halogens is 1. The van der Waals surface area contributed by atoms with Crippen LogP contribution in [0.4, 0.5) is 5.69 Å². The van der Waals surface area contributed by atoms with Gasteiger partial charge >= 0.3 is 0 Å². The molecule has 0 aliphatic rings. The van der Waals surface area contributed by atoms with Gasteiger partial charge in [0, 0.05) is 6.42 Å². The number of aromatic hydroxyl groups is 1. The van der Waals surface area contributed by atoms with Crippen LogP contribution in [0.5, 0.6) is 5.75 Å². The van der Waals surface area contributed by atoms with E-state index in [1.165, 1.54) is 18.2 Å². The highest BCUT2D eigenvalue weighted by Gasteiger charge is 2.17. The van der Waals surface area contributed by atoms with Crippen molar-refractivity contribution in [2.75, 3.05) is 5.32 Å². The number of carbonyl (C=O) groups excluding carboxylic acids is 1. The standard InChI is InChI=1S/C13H13ClN2O3/c1-3-11-12(7(2)16-19-11)15-13(18)9-6-8(17)4-5-10(9)14/h4-6,17H,3H2,1-2H3,(H,15,18). The van der Waals surface area contributed by atoms with Crippen molar-refractivity contribution in [3.63, 3.8) is 0 Å². The van der Waals surface area contributed by atoms with Crippen LogP contribution in [-0.4, -0.2) is 16.2 Å². The first-order valence-corrected chi connectivity index (χ1v) is 6.15. The molecule has 2 N–H and O–H groups in total. The number of amides is 1. The van der Waals surface area contributed by atoms with Crippen LogP contribution in [-0.2, 0) is 6.42 Å². The first-order valence-electron chi connectivity index (χ1n) is 5.78. The molecular formula is C13H13ClN2O3. The number of carbonyl (C=O) groups is 1. The predicted octanol–water partition coefficient (Wildman–Crippen LogP) is 3.16. The van der Waals surface area contributed by atoms with Gasteiger partial charge in [0.25, 0.3) is 5.91 Å². The predicted molar refractivity (Wildman–Crippen MR) is 71.7 cm³/mol. The first-order chi connectivity index (χ1) is 9.02. The van der Waals surface area contributed by atoms with Crippen molar-refractivity contribution in [2.24, 2.45) is 0 Å². The number of anilines is 1. The average molecular weight is 281 g/mol. The molecule has 0 fully saturated rings. The van der Waals surface area contributed by atoms with E-state index in [1.54, 1.807) is 6.92 Å². The number of aromatic nitrogens is 1. The van der Waals surface area contributed by atoms with Crippen LogP contribution in [0.15, 0.2) is 22.7 Å². The van der Waals surface area contributed by atoms with Crippen LogP contribution in [0.2, 0.25) is 5.02 Å². The molecule has 0 bridgehead atoms. The molecule has 5 nitrogen and oxygen atoms in total. The second-order valence-electron chi connectivity index (χ2n) is 4.04. The molecule has 0 saturated carbocycles. The molecule has 0 radical (unpaired) electrons. The summed E-state index contributed by atoms with van der Waals surface area (Å²) in [5.41, 5.74) is 1.35. The van der Waals surface area contributed by atoms with E-state index in [0.717, 1.165) is 0 Å². The van der Waals surface area contributed by atoms with Crippen LogP contribution in [0.25, 0.3) is 0 Å². The zero-order chi connectivity index (χ0) is 14.0. The third-order valence-corrected chi connectivity index (χ3v) is 3.02. The monoisotopic (exact) mass is 280 g/mol. The SMILES string of the molecule is CCc1onc(C)c1NC(=O)c1cc(O)ccc1Cl. The Morgan fingerprint density at radius 2 is 2.26 bits per heavy atom. The summed E-state index contributed by atoms with van der Waals surface area (Å²) in [6.45, 7) is 3.64. The molecule has 0 atom stereocenters. The van der Waals surface area contributed by atoms with Crippen molar-refractivity contribution in [3.05, 3.63) is 40.2 Å². The zero-order valence-corrected chi connectivity index (χ0v) is 11.3. The lowest BCUT2D eigenvalue weighted by atomic mass is 10.2. The number of phenols is 1. The van der Waals surface area contributed by atoms with Crippen molar-refractivity contribution < 1.29 is 14.4 Å². The molecule has 1 aromatic carbocycles. The Morgan fingerprint density at radius 1 is 1.53 bits per heavy atom. The van der Waals surface area contributed by atoms with Gasteiger partial charge in [0.05, 0.1) is 10.6 Å². The van der Waals surface area contributed by atoms with Crippen molar-refractivity contribution >= 4 is 23.2 Å². The number of nitrogens with zero attached hydrogens (tertiary/aromatic N) is 1. The number of aryl methyl sites for hydroxylation is 2. The summed E-state index contributed by atoms with van der Waals surface area (Å²) in [4.78, 5) is 12.1. The molecule has 1 aromatic heterocycles. The highest BCUT2D eigenvalue weighted by molar-refractivity contribution is 6.34. The van der Waals surface area contributed by atoms with Gasteiger partial charge in [0.15, 0.2) is 5.76 Å². The smallest absolute Gasteiger partial charge is 0.257 e. The highest BCUT2D eigenvalue weighted by atomic mass is 35.5. The molecule has 0 aliphatic heterocycles. The number of hydrogen-bond donors (Lipinski definition) is 2. The molecular weight excluding hydrogens is 268 g/mol. The minimum atomic E-state index is -0.415. The lowest BCUT2D eigenvalue weighted by molar-refractivity contribution is 0.102. The Labute approximate surface area is 115 Å². The fourth-order valence-corrected chi connectivity index (χ4v) is 1.89. The lowest BCUT2D eigenvalue weighted by Crippen LogP contribution is -2.13. The Kier molecular flexibility index (Phi) is 3.76. The van der Waals surface area contributed by atoms with E-state index in [0.29, 0.717) is 23.6 Å². The van der Waals surface area contributed by atoms with Gasteiger partial charge in [0.2, 0.25) is 0 Å². The molecule has 0 spiro atoms. The topological polar surface area (TPSA) is 75.4 Å². The normalized spacial score (nSPS) is 10.5. The van der Waals surface area contributed by atoms with Crippen molar-refractivity contribution in [1.82, 2.24) is 5.16 Å². The second-order valence-corrected chi connectivity index (χ2v) is 4.45. The molecule has 19 heavy (non-hydrogen) atoms. The molecule has 0 unspecified atom stereocenters. The molecule has 0 saturated heterocycles. The highest BCUT2D eigenvalue weighted by Crippen LogP contribution is 2.25. The maximum Gasteiger partial charge on any atom is 0.257 e. The fourth-order valence-electron chi connectivity index (χ4n) is 1.69. The molecule has 6 heteroatoms. The van der Waals surface area contributed by atoms with Gasteiger partial charge in [-0.15, -0.1) is 0 Å². The molecule has 2 rings (SSSR count). The van der Waals surface area contributed by atoms with E-state index in [9.17, 15) is 9.90 Å². The summed E-state index contributed by atoms with van der Waals surface area (Å²) >= 11 is 5.93. The summed E-state index contributed by atoms with van der Waals surface area (Å²) in [5.74, 6) is 0.163. The Hall–Kier alpha value is -2.01. The molecule has 100 valence electrons. The molecule has 1 amide bonds.